The van der Waals surface area contributed by atoms with E-state index in [0.717, 1.165) is 19.5 Å². The molecule has 0 heterocycles. The molecular formula is C15H23NO3. The van der Waals surface area contributed by atoms with Gasteiger partial charge in [0.25, 0.3) is 0 Å². The Bertz CT molecular complexity index is 406. The molecule has 19 heavy (non-hydrogen) atoms. The number of carbonyl (C=O) groups is 1. The van der Waals surface area contributed by atoms with Crippen molar-refractivity contribution >= 4 is 5.97 Å². The molecule has 1 atom stereocenters. The van der Waals surface area contributed by atoms with Gasteiger partial charge in [0.15, 0.2) is 0 Å². The van der Waals surface area contributed by atoms with Gasteiger partial charge in [0.2, 0.25) is 0 Å². The van der Waals surface area contributed by atoms with Gasteiger partial charge in [-0.2, -0.15) is 0 Å². The van der Waals surface area contributed by atoms with Gasteiger partial charge >= 0.3 is 5.97 Å². The molecule has 0 aliphatic rings. The van der Waals surface area contributed by atoms with Crippen molar-refractivity contribution in [2.24, 2.45) is 0 Å². The molecule has 1 N–H and O–H groups in total. The number of carboxylic acid groups (broad SMARTS) is 1. The molecule has 0 saturated heterocycles. The van der Waals surface area contributed by atoms with Crippen LogP contribution in [0.15, 0.2) is 24.3 Å². The first-order chi connectivity index (χ1) is 9.08. The monoisotopic (exact) mass is 265 g/mol. The summed E-state index contributed by atoms with van der Waals surface area (Å²) >= 11 is 0. The zero-order valence-electron chi connectivity index (χ0n) is 11.9. The minimum Gasteiger partial charge on any atom is -0.492 e. The Hall–Kier alpha value is -1.55. The summed E-state index contributed by atoms with van der Waals surface area (Å²) in [6, 6.07) is 7.14. The maximum absolute atomic E-state index is 10.8. The third kappa shape index (κ3) is 4.91. The first-order valence-electron chi connectivity index (χ1n) is 6.78. The van der Waals surface area contributed by atoms with Crippen LogP contribution in [0.5, 0.6) is 5.75 Å². The van der Waals surface area contributed by atoms with Crippen LogP contribution < -0.4 is 4.74 Å². The summed E-state index contributed by atoms with van der Waals surface area (Å²) in [7, 11) is 0. The smallest absolute Gasteiger partial charge is 0.335 e. The zero-order chi connectivity index (χ0) is 14.3. The lowest BCUT2D eigenvalue weighted by molar-refractivity contribution is 0.0696. The van der Waals surface area contributed by atoms with Gasteiger partial charge in [-0.3, -0.25) is 4.90 Å². The van der Waals surface area contributed by atoms with E-state index in [2.05, 4.69) is 25.7 Å². The molecule has 0 fully saturated rings. The van der Waals surface area contributed by atoms with Crippen molar-refractivity contribution < 1.29 is 14.6 Å². The summed E-state index contributed by atoms with van der Waals surface area (Å²) in [6.07, 6.45) is 1.11. The van der Waals surface area contributed by atoms with Crippen molar-refractivity contribution in [1.82, 2.24) is 4.90 Å². The topological polar surface area (TPSA) is 49.8 Å². The average Bonchev–Trinajstić information content (AvgIpc) is 2.43. The number of benzene rings is 1. The molecule has 0 spiro atoms. The highest BCUT2D eigenvalue weighted by atomic mass is 16.5. The minimum absolute atomic E-state index is 0.256. The van der Waals surface area contributed by atoms with Crippen molar-refractivity contribution in [3.8, 4) is 5.75 Å². The first kappa shape index (κ1) is 15.5. The molecule has 0 amide bonds. The molecule has 1 aromatic carbocycles. The van der Waals surface area contributed by atoms with Crippen molar-refractivity contribution in [2.45, 2.75) is 33.2 Å². The van der Waals surface area contributed by atoms with Gasteiger partial charge in [-0.1, -0.05) is 19.9 Å². The van der Waals surface area contributed by atoms with Crippen LogP contribution in [0.3, 0.4) is 0 Å². The van der Waals surface area contributed by atoms with Crippen LogP contribution in [0.2, 0.25) is 0 Å². The maximum atomic E-state index is 10.8. The molecule has 4 heteroatoms. The second-order valence-electron chi connectivity index (χ2n) is 4.57. The van der Waals surface area contributed by atoms with Gasteiger partial charge in [-0.05, 0) is 38.1 Å². The van der Waals surface area contributed by atoms with Gasteiger partial charge < -0.3 is 9.84 Å². The molecule has 1 unspecified atom stereocenters. The lowest BCUT2D eigenvalue weighted by Gasteiger charge is -2.26. The van der Waals surface area contributed by atoms with Crippen molar-refractivity contribution in [1.29, 1.82) is 0 Å². The van der Waals surface area contributed by atoms with Gasteiger partial charge in [-0.15, -0.1) is 0 Å². The number of hydrogen-bond acceptors (Lipinski definition) is 3. The Morgan fingerprint density at radius 3 is 2.74 bits per heavy atom. The number of ether oxygens (including phenoxy) is 1. The number of carboxylic acids is 1. The highest BCUT2D eigenvalue weighted by molar-refractivity contribution is 5.87. The predicted molar refractivity (Wildman–Crippen MR) is 75.9 cm³/mol. The second-order valence-corrected chi connectivity index (χ2v) is 4.57. The molecule has 1 aromatic rings. The lowest BCUT2D eigenvalue weighted by Crippen LogP contribution is -2.35. The van der Waals surface area contributed by atoms with Gasteiger partial charge in [0.05, 0.1) is 5.56 Å². The third-order valence-electron chi connectivity index (χ3n) is 3.35. The molecule has 4 nitrogen and oxygen atoms in total. The first-order valence-corrected chi connectivity index (χ1v) is 6.78. The highest BCUT2D eigenvalue weighted by Gasteiger charge is 2.10. The third-order valence-corrected chi connectivity index (χ3v) is 3.35. The minimum atomic E-state index is -0.930. The largest absolute Gasteiger partial charge is 0.492 e. The Kier molecular flexibility index (Phi) is 6.36. The van der Waals surface area contributed by atoms with E-state index in [1.54, 1.807) is 24.3 Å². The zero-order valence-corrected chi connectivity index (χ0v) is 11.9. The van der Waals surface area contributed by atoms with E-state index in [4.69, 9.17) is 9.84 Å². The van der Waals surface area contributed by atoms with Crippen molar-refractivity contribution in [2.75, 3.05) is 19.7 Å². The number of likely N-dealkylation sites (N-methyl/N-ethyl adjacent to an activating group) is 1. The Morgan fingerprint density at radius 1 is 1.42 bits per heavy atom. The van der Waals surface area contributed by atoms with Crippen LogP contribution in [0.4, 0.5) is 0 Å². The van der Waals surface area contributed by atoms with E-state index < -0.39 is 5.97 Å². The average molecular weight is 265 g/mol. The SMILES string of the molecule is CCC(C)N(CC)CCOc1cccc(C(=O)O)c1. The number of rotatable bonds is 8. The summed E-state index contributed by atoms with van der Waals surface area (Å²) in [5.74, 6) is -0.319. The Morgan fingerprint density at radius 2 is 2.16 bits per heavy atom. The molecule has 0 radical (unpaired) electrons. The summed E-state index contributed by atoms with van der Waals surface area (Å²) in [5, 5.41) is 8.90. The Labute approximate surface area is 115 Å². The molecule has 0 saturated carbocycles. The molecule has 0 aliphatic carbocycles. The van der Waals surface area contributed by atoms with E-state index in [1.165, 1.54) is 0 Å². The standard InChI is InChI=1S/C15H23NO3/c1-4-12(3)16(5-2)9-10-19-14-8-6-7-13(11-14)15(17)18/h6-8,11-12H,4-5,9-10H2,1-3H3,(H,17,18). The molecule has 0 bridgehead atoms. The lowest BCUT2D eigenvalue weighted by atomic mass is 10.2. The number of hydrogen-bond donors (Lipinski definition) is 1. The van der Waals surface area contributed by atoms with Crippen LogP contribution in [0.1, 0.15) is 37.6 Å². The quantitative estimate of drug-likeness (QED) is 0.785. The fourth-order valence-corrected chi connectivity index (χ4v) is 1.95. The van der Waals surface area contributed by atoms with Crippen LogP contribution in [-0.4, -0.2) is 41.7 Å². The predicted octanol–water partition coefficient (Wildman–Crippen LogP) is 2.88. The van der Waals surface area contributed by atoms with Gasteiger partial charge in [0.1, 0.15) is 12.4 Å². The number of aromatic carboxylic acids is 1. The van der Waals surface area contributed by atoms with E-state index >= 15 is 0 Å². The fourth-order valence-electron chi connectivity index (χ4n) is 1.95. The second kappa shape index (κ2) is 7.79. The molecule has 1 rings (SSSR count). The summed E-state index contributed by atoms with van der Waals surface area (Å²) < 4.78 is 5.62. The summed E-state index contributed by atoms with van der Waals surface area (Å²) in [4.78, 5) is 13.2. The highest BCUT2D eigenvalue weighted by Crippen LogP contribution is 2.13. The molecule has 0 aromatic heterocycles. The Balaban J connectivity index is 2.48. The fraction of sp³-hybridized carbons (Fsp3) is 0.533. The van der Waals surface area contributed by atoms with Crippen LogP contribution in [0.25, 0.3) is 0 Å². The van der Waals surface area contributed by atoms with E-state index in [0.29, 0.717) is 18.4 Å². The van der Waals surface area contributed by atoms with Crippen molar-refractivity contribution in [3.05, 3.63) is 29.8 Å². The van der Waals surface area contributed by atoms with Crippen molar-refractivity contribution in [3.63, 3.8) is 0 Å². The molecular weight excluding hydrogens is 242 g/mol. The van der Waals surface area contributed by atoms with Crippen LogP contribution >= 0.6 is 0 Å². The van der Waals surface area contributed by atoms with Crippen LogP contribution in [0, 0.1) is 0 Å². The summed E-state index contributed by atoms with van der Waals surface area (Å²) in [5.41, 5.74) is 0.256. The number of nitrogens with zero attached hydrogens (tertiary/aromatic N) is 1. The van der Waals surface area contributed by atoms with Gasteiger partial charge in [-0.25, -0.2) is 4.79 Å². The van der Waals surface area contributed by atoms with E-state index in [-0.39, 0.29) is 5.56 Å². The summed E-state index contributed by atoms with van der Waals surface area (Å²) in [6.45, 7) is 8.92. The van der Waals surface area contributed by atoms with E-state index in [9.17, 15) is 4.79 Å². The maximum Gasteiger partial charge on any atom is 0.335 e. The van der Waals surface area contributed by atoms with Gasteiger partial charge in [0, 0.05) is 12.6 Å². The van der Waals surface area contributed by atoms with Crippen LogP contribution in [-0.2, 0) is 0 Å². The molecule has 106 valence electrons. The van der Waals surface area contributed by atoms with E-state index in [1.807, 2.05) is 0 Å². The molecule has 0 aliphatic heterocycles. The normalized spacial score (nSPS) is 12.4.